The lowest BCUT2D eigenvalue weighted by molar-refractivity contribution is 0.801. The van der Waals surface area contributed by atoms with Crippen LogP contribution in [-0.2, 0) is 0 Å². The highest BCUT2D eigenvalue weighted by molar-refractivity contribution is 6.20. The van der Waals surface area contributed by atoms with Gasteiger partial charge in [-0.25, -0.2) is 0 Å². The molecule has 8 rings (SSSR count). The van der Waals surface area contributed by atoms with Crippen LogP contribution < -0.4 is 10.4 Å². The van der Waals surface area contributed by atoms with Gasteiger partial charge in [0.15, 0.2) is 0 Å². The fourth-order valence-electron chi connectivity index (χ4n) is 7.91. The van der Waals surface area contributed by atoms with Crippen molar-refractivity contribution >= 4 is 57.0 Å². The van der Waals surface area contributed by atoms with Crippen molar-refractivity contribution in [3.05, 3.63) is 168 Å². The largest absolute Gasteiger partial charge is 0.0984 e. The lowest BCUT2D eigenvalue weighted by atomic mass is 9.82. The molecule has 0 amide bonds. The van der Waals surface area contributed by atoms with Gasteiger partial charge in [-0.15, -0.1) is 0 Å². The SMILES string of the molecule is C=CC1=C(C=C)c2ccc(-c3ccc(-c4c(C=C)c(C=C)c(-c5ccc6ccccc6c5)c5c4=CC(C)CC=5)cc3)c3cccc1c23. The van der Waals surface area contributed by atoms with E-state index in [0.29, 0.717) is 5.92 Å². The minimum absolute atomic E-state index is 0.445. The van der Waals surface area contributed by atoms with Crippen molar-refractivity contribution < 1.29 is 0 Å². The van der Waals surface area contributed by atoms with Gasteiger partial charge in [0.2, 0.25) is 0 Å². The van der Waals surface area contributed by atoms with Gasteiger partial charge in [-0.05, 0) is 117 Å². The van der Waals surface area contributed by atoms with Crippen molar-refractivity contribution in [2.45, 2.75) is 13.3 Å². The fourth-order valence-corrected chi connectivity index (χ4v) is 7.91. The van der Waals surface area contributed by atoms with Crippen molar-refractivity contribution in [1.29, 1.82) is 0 Å². The van der Waals surface area contributed by atoms with E-state index >= 15 is 0 Å². The zero-order chi connectivity index (χ0) is 32.2. The maximum absolute atomic E-state index is 4.34. The number of hydrogen-bond donors (Lipinski definition) is 0. The van der Waals surface area contributed by atoms with Gasteiger partial charge in [0.1, 0.15) is 0 Å². The van der Waals surface area contributed by atoms with Gasteiger partial charge >= 0.3 is 0 Å². The van der Waals surface area contributed by atoms with E-state index in [2.05, 4.69) is 142 Å². The first-order chi connectivity index (χ1) is 23.1. The van der Waals surface area contributed by atoms with E-state index in [9.17, 15) is 0 Å². The molecule has 0 aliphatic heterocycles. The Labute approximate surface area is 277 Å². The molecule has 47 heavy (non-hydrogen) atoms. The van der Waals surface area contributed by atoms with E-state index in [1.165, 1.54) is 76.5 Å². The maximum Gasteiger partial charge on any atom is -0.00201 e. The standard InChI is InChI=1S/C47H36/c1-6-35-36(7-2)42-26-25-39(41-16-12-15-40(35)47(41)42)31-19-21-32(22-20-31)45-37(8-3)38(9-4)46(43-24-17-29(5)27-44(43)45)34-23-18-30-13-10-11-14-33(30)28-34/h6-16,18-29H,1-4,17H2,5H3. The molecule has 6 aromatic carbocycles. The summed E-state index contributed by atoms with van der Waals surface area (Å²) in [6.45, 7) is 19.2. The van der Waals surface area contributed by atoms with E-state index in [0.717, 1.165) is 28.7 Å². The van der Waals surface area contributed by atoms with E-state index in [1.54, 1.807) is 0 Å². The molecule has 0 aromatic heterocycles. The lowest BCUT2D eigenvalue weighted by Crippen LogP contribution is -2.34. The Kier molecular flexibility index (Phi) is 6.89. The number of rotatable bonds is 7. The molecule has 0 heteroatoms. The molecule has 0 heterocycles. The summed E-state index contributed by atoms with van der Waals surface area (Å²) in [6.07, 6.45) is 13.8. The summed E-state index contributed by atoms with van der Waals surface area (Å²) in [6, 6.07) is 35.5. The van der Waals surface area contributed by atoms with Crippen molar-refractivity contribution in [2.24, 2.45) is 5.92 Å². The summed E-state index contributed by atoms with van der Waals surface area (Å²) >= 11 is 0. The Hall–Kier alpha value is -5.72. The summed E-state index contributed by atoms with van der Waals surface area (Å²) in [5.41, 5.74) is 14.3. The number of benzene rings is 6. The molecule has 6 aromatic rings. The van der Waals surface area contributed by atoms with Crippen molar-refractivity contribution in [1.82, 2.24) is 0 Å². The molecule has 0 N–H and O–H groups in total. The lowest BCUT2D eigenvalue weighted by Gasteiger charge is -2.22. The van der Waals surface area contributed by atoms with Crippen LogP contribution in [0, 0.1) is 5.92 Å². The van der Waals surface area contributed by atoms with Gasteiger partial charge in [-0.3, -0.25) is 0 Å². The first kappa shape index (κ1) is 28.7. The summed E-state index contributed by atoms with van der Waals surface area (Å²) < 4.78 is 0. The highest BCUT2D eigenvalue weighted by Gasteiger charge is 2.23. The van der Waals surface area contributed by atoms with Gasteiger partial charge in [0.05, 0.1) is 0 Å². The minimum atomic E-state index is 0.445. The third kappa shape index (κ3) is 4.37. The third-order valence-corrected chi connectivity index (χ3v) is 10.1. The first-order valence-electron chi connectivity index (χ1n) is 16.4. The van der Waals surface area contributed by atoms with Gasteiger partial charge in [-0.1, -0.05) is 161 Å². The average Bonchev–Trinajstić information content (AvgIpc) is 3.44. The molecule has 0 fully saturated rings. The molecule has 0 radical (unpaired) electrons. The highest BCUT2D eigenvalue weighted by Crippen LogP contribution is 2.46. The maximum atomic E-state index is 4.34. The number of allylic oxidation sites excluding steroid dienone is 4. The molecule has 224 valence electrons. The van der Waals surface area contributed by atoms with Gasteiger partial charge in [-0.2, -0.15) is 0 Å². The zero-order valence-electron chi connectivity index (χ0n) is 26.8. The molecule has 2 aliphatic rings. The second-order valence-electron chi connectivity index (χ2n) is 12.7. The number of hydrogen-bond acceptors (Lipinski definition) is 0. The molecule has 0 saturated heterocycles. The van der Waals surface area contributed by atoms with E-state index < -0.39 is 0 Å². The van der Waals surface area contributed by atoms with Crippen LogP contribution in [0.5, 0.6) is 0 Å². The van der Waals surface area contributed by atoms with Crippen LogP contribution in [0.3, 0.4) is 0 Å². The minimum Gasteiger partial charge on any atom is -0.0984 e. The summed E-state index contributed by atoms with van der Waals surface area (Å²) in [4.78, 5) is 0. The predicted octanol–water partition coefficient (Wildman–Crippen LogP) is 11.5. The Morgan fingerprint density at radius 3 is 1.87 bits per heavy atom. The van der Waals surface area contributed by atoms with Gasteiger partial charge in [0.25, 0.3) is 0 Å². The van der Waals surface area contributed by atoms with Gasteiger partial charge < -0.3 is 0 Å². The molecule has 2 aliphatic carbocycles. The molecular formula is C47H36. The second kappa shape index (κ2) is 11.3. The molecule has 0 nitrogen and oxygen atoms in total. The molecule has 1 atom stereocenters. The van der Waals surface area contributed by atoms with E-state index in [-0.39, 0.29) is 0 Å². The Balaban J connectivity index is 1.32. The molecule has 1 unspecified atom stereocenters. The van der Waals surface area contributed by atoms with Crippen molar-refractivity contribution in [3.63, 3.8) is 0 Å². The normalized spacial score (nSPS) is 14.8. The Bertz CT molecular complexity index is 2470. The second-order valence-corrected chi connectivity index (χ2v) is 12.7. The predicted molar refractivity (Wildman–Crippen MR) is 207 cm³/mol. The average molecular weight is 601 g/mol. The van der Waals surface area contributed by atoms with Crippen LogP contribution in [0.25, 0.3) is 90.4 Å². The van der Waals surface area contributed by atoms with Crippen LogP contribution in [0.15, 0.2) is 136 Å². The van der Waals surface area contributed by atoms with E-state index in [4.69, 9.17) is 0 Å². The zero-order valence-corrected chi connectivity index (χ0v) is 26.8. The van der Waals surface area contributed by atoms with Crippen LogP contribution in [0.4, 0.5) is 0 Å². The first-order valence-corrected chi connectivity index (χ1v) is 16.4. The molecule has 0 saturated carbocycles. The summed E-state index contributed by atoms with van der Waals surface area (Å²) in [5.74, 6) is 0.445. The summed E-state index contributed by atoms with van der Waals surface area (Å²) in [7, 11) is 0. The quantitative estimate of drug-likeness (QED) is 0.171. The Morgan fingerprint density at radius 1 is 0.553 bits per heavy atom. The van der Waals surface area contributed by atoms with Crippen molar-refractivity contribution in [2.75, 3.05) is 0 Å². The van der Waals surface area contributed by atoms with Crippen LogP contribution in [-0.4, -0.2) is 0 Å². The van der Waals surface area contributed by atoms with E-state index in [1.807, 2.05) is 24.3 Å². The third-order valence-electron chi connectivity index (χ3n) is 10.1. The van der Waals surface area contributed by atoms with Crippen LogP contribution in [0.1, 0.15) is 35.6 Å². The fraction of sp³-hybridized carbons (Fsp3) is 0.0638. The summed E-state index contributed by atoms with van der Waals surface area (Å²) in [5, 5.41) is 7.58. The van der Waals surface area contributed by atoms with Crippen LogP contribution in [0.2, 0.25) is 0 Å². The molecule has 0 bridgehead atoms. The monoisotopic (exact) mass is 600 g/mol. The molecule has 0 spiro atoms. The number of fused-ring (bicyclic) bond motifs is 2. The van der Waals surface area contributed by atoms with Crippen LogP contribution >= 0.6 is 0 Å². The highest BCUT2D eigenvalue weighted by atomic mass is 14.3. The smallest absolute Gasteiger partial charge is 0.00201 e. The van der Waals surface area contributed by atoms with Gasteiger partial charge in [0, 0.05) is 0 Å². The Morgan fingerprint density at radius 2 is 1.17 bits per heavy atom. The van der Waals surface area contributed by atoms with Crippen molar-refractivity contribution in [3.8, 4) is 33.4 Å². The molecular weight excluding hydrogens is 565 g/mol. The topological polar surface area (TPSA) is 0 Å².